The molecule has 4 rings (SSSR count). The summed E-state index contributed by atoms with van der Waals surface area (Å²) in [4.78, 5) is 21.3. The van der Waals surface area contributed by atoms with Crippen molar-refractivity contribution in [2.24, 2.45) is 0 Å². The number of nitrogens with zero attached hydrogens (tertiary/aromatic N) is 3. The number of urea groups is 1. The molecule has 0 spiro atoms. The number of hydrogen-bond donors (Lipinski definition) is 1. The average Bonchev–Trinajstić information content (AvgIpc) is 3.20. The zero-order chi connectivity index (χ0) is 17.8. The largest absolute Gasteiger partial charge is 0.378 e. The summed E-state index contributed by atoms with van der Waals surface area (Å²) in [6.45, 7) is 3.90. The quantitative estimate of drug-likeness (QED) is 0.921. The number of para-hydroxylation sites is 2. The standard InChI is InChI=1S/C20H24N4O2/c25-20(24-11-3-6-18(24)16-7-9-21-10-8-16)22-17-4-1-2-5-19(17)23-12-14-26-15-13-23/h1-2,4-5,7-10,18H,3,6,11-15H2,(H,22,25). The highest BCUT2D eigenvalue weighted by molar-refractivity contribution is 5.93. The number of amides is 2. The fourth-order valence-corrected chi connectivity index (χ4v) is 3.79. The van der Waals surface area contributed by atoms with Crippen LogP contribution >= 0.6 is 0 Å². The second-order valence-corrected chi connectivity index (χ2v) is 6.68. The fraction of sp³-hybridized carbons (Fsp3) is 0.400. The molecule has 6 heteroatoms. The third-order valence-corrected chi connectivity index (χ3v) is 5.10. The van der Waals surface area contributed by atoms with Gasteiger partial charge in [0, 0.05) is 32.0 Å². The van der Waals surface area contributed by atoms with Crippen LogP contribution in [0.1, 0.15) is 24.4 Å². The molecule has 136 valence electrons. The summed E-state index contributed by atoms with van der Waals surface area (Å²) in [5.74, 6) is 0. The number of morpholine rings is 1. The molecule has 2 aromatic rings. The van der Waals surface area contributed by atoms with Gasteiger partial charge in [-0.3, -0.25) is 4.98 Å². The summed E-state index contributed by atoms with van der Waals surface area (Å²) < 4.78 is 5.44. The number of anilines is 2. The molecule has 6 nitrogen and oxygen atoms in total. The molecule has 1 aromatic heterocycles. The van der Waals surface area contributed by atoms with Crippen LogP contribution in [0.4, 0.5) is 16.2 Å². The van der Waals surface area contributed by atoms with Crippen LogP contribution in [0.3, 0.4) is 0 Å². The van der Waals surface area contributed by atoms with E-state index < -0.39 is 0 Å². The molecule has 0 aliphatic carbocycles. The first-order chi connectivity index (χ1) is 12.8. The number of carbonyl (C=O) groups is 1. The molecule has 1 atom stereocenters. The van der Waals surface area contributed by atoms with Gasteiger partial charge in [-0.05, 0) is 42.7 Å². The molecule has 3 heterocycles. The number of hydrogen-bond acceptors (Lipinski definition) is 4. The average molecular weight is 352 g/mol. The Hall–Kier alpha value is -2.60. The highest BCUT2D eigenvalue weighted by Gasteiger charge is 2.30. The van der Waals surface area contributed by atoms with Crippen molar-refractivity contribution >= 4 is 17.4 Å². The van der Waals surface area contributed by atoms with E-state index in [4.69, 9.17) is 4.74 Å². The van der Waals surface area contributed by atoms with Gasteiger partial charge in [0.2, 0.25) is 0 Å². The van der Waals surface area contributed by atoms with Crippen molar-refractivity contribution in [1.82, 2.24) is 9.88 Å². The minimum atomic E-state index is -0.0370. The van der Waals surface area contributed by atoms with E-state index in [0.717, 1.165) is 62.6 Å². The summed E-state index contributed by atoms with van der Waals surface area (Å²) in [6, 6.07) is 12.1. The lowest BCUT2D eigenvalue weighted by Gasteiger charge is -2.31. The first-order valence-electron chi connectivity index (χ1n) is 9.22. The highest BCUT2D eigenvalue weighted by Crippen LogP contribution is 2.33. The number of rotatable bonds is 3. The summed E-state index contributed by atoms with van der Waals surface area (Å²) in [5, 5.41) is 3.14. The van der Waals surface area contributed by atoms with Crippen molar-refractivity contribution in [3.63, 3.8) is 0 Å². The Balaban J connectivity index is 1.51. The van der Waals surface area contributed by atoms with E-state index in [-0.39, 0.29) is 12.1 Å². The topological polar surface area (TPSA) is 57.7 Å². The minimum absolute atomic E-state index is 0.0370. The number of aromatic nitrogens is 1. The zero-order valence-electron chi connectivity index (χ0n) is 14.8. The Kier molecular flexibility index (Phi) is 5.02. The molecule has 1 N–H and O–H groups in total. The summed E-state index contributed by atoms with van der Waals surface area (Å²) in [6.07, 6.45) is 5.59. The van der Waals surface area contributed by atoms with E-state index in [1.54, 1.807) is 12.4 Å². The van der Waals surface area contributed by atoms with Crippen molar-refractivity contribution in [2.45, 2.75) is 18.9 Å². The Morgan fingerprint density at radius 3 is 2.65 bits per heavy atom. The van der Waals surface area contributed by atoms with Gasteiger partial charge in [0.1, 0.15) is 0 Å². The van der Waals surface area contributed by atoms with Gasteiger partial charge in [-0.25, -0.2) is 4.79 Å². The van der Waals surface area contributed by atoms with Crippen LogP contribution in [-0.4, -0.2) is 48.8 Å². The molecule has 1 aromatic carbocycles. The van der Waals surface area contributed by atoms with Crippen molar-refractivity contribution in [2.75, 3.05) is 43.1 Å². The Labute approximate surface area is 153 Å². The molecule has 2 saturated heterocycles. The van der Waals surface area contributed by atoms with Crippen LogP contribution in [-0.2, 0) is 4.74 Å². The van der Waals surface area contributed by atoms with E-state index in [2.05, 4.69) is 21.3 Å². The lowest BCUT2D eigenvalue weighted by molar-refractivity contribution is 0.123. The van der Waals surface area contributed by atoms with Crippen molar-refractivity contribution in [3.8, 4) is 0 Å². The molecule has 2 aliphatic heterocycles. The number of nitrogens with one attached hydrogen (secondary N) is 1. The molecule has 2 amide bonds. The molecule has 2 fully saturated rings. The maximum Gasteiger partial charge on any atom is 0.322 e. The number of carbonyl (C=O) groups excluding carboxylic acids is 1. The van der Waals surface area contributed by atoms with E-state index in [1.807, 2.05) is 35.2 Å². The maximum atomic E-state index is 13.0. The number of benzene rings is 1. The van der Waals surface area contributed by atoms with Crippen molar-refractivity contribution < 1.29 is 9.53 Å². The predicted molar refractivity (Wildman–Crippen MR) is 101 cm³/mol. The van der Waals surface area contributed by atoms with Crippen LogP contribution in [0.2, 0.25) is 0 Å². The van der Waals surface area contributed by atoms with Gasteiger partial charge >= 0.3 is 6.03 Å². The van der Waals surface area contributed by atoms with Gasteiger partial charge in [-0.2, -0.15) is 0 Å². The molecular weight excluding hydrogens is 328 g/mol. The molecule has 0 bridgehead atoms. The van der Waals surface area contributed by atoms with Crippen LogP contribution in [0, 0.1) is 0 Å². The maximum absolute atomic E-state index is 13.0. The van der Waals surface area contributed by atoms with Gasteiger partial charge in [-0.15, -0.1) is 0 Å². The van der Waals surface area contributed by atoms with Crippen molar-refractivity contribution in [3.05, 3.63) is 54.4 Å². The molecule has 0 radical (unpaired) electrons. The lowest BCUT2D eigenvalue weighted by Crippen LogP contribution is -2.38. The normalized spacial score (nSPS) is 20.2. The van der Waals surface area contributed by atoms with Gasteiger partial charge < -0.3 is 19.9 Å². The van der Waals surface area contributed by atoms with Gasteiger partial charge in [0.05, 0.1) is 30.6 Å². The summed E-state index contributed by atoms with van der Waals surface area (Å²) in [5.41, 5.74) is 3.07. The Morgan fingerprint density at radius 2 is 1.85 bits per heavy atom. The first-order valence-corrected chi connectivity index (χ1v) is 9.22. The van der Waals surface area contributed by atoms with Crippen LogP contribution in [0.5, 0.6) is 0 Å². The van der Waals surface area contributed by atoms with E-state index >= 15 is 0 Å². The summed E-state index contributed by atoms with van der Waals surface area (Å²) in [7, 11) is 0. The number of ether oxygens (including phenoxy) is 1. The van der Waals surface area contributed by atoms with Gasteiger partial charge in [0.15, 0.2) is 0 Å². The monoisotopic (exact) mass is 352 g/mol. The Bertz CT molecular complexity index is 746. The van der Waals surface area contributed by atoms with E-state index in [9.17, 15) is 4.79 Å². The van der Waals surface area contributed by atoms with Crippen LogP contribution in [0.15, 0.2) is 48.8 Å². The van der Waals surface area contributed by atoms with Gasteiger partial charge in [-0.1, -0.05) is 12.1 Å². The molecular formula is C20H24N4O2. The third-order valence-electron chi connectivity index (χ3n) is 5.10. The Morgan fingerprint density at radius 1 is 1.08 bits per heavy atom. The lowest BCUT2D eigenvalue weighted by atomic mass is 10.1. The first kappa shape index (κ1) is 16.8. The van der Waals surface area contributed by atoms with Crippen molar-refractivity contribution in [1.29, 1.82) is 0 Å². The molecule has 1 unspecified atom stereocenters. The highest BCUT2D eigenvalue weighted by atomic mass is 16.5. The molecule has 26 heavy (non-hydrogen) atoms. The third kappa shape index (κ3) is 3.51. The fourth-order valence-electron chi connectivity index (χ4n) is 3.79. The molecule has 0 saturated carbocycles. The number of pyridine rings is 1. The predicted octanol–water partition coefficient (Wildman–Crippen LogP) is 3.29. The SMILES string of the molecule is O=C(Nc1ccccc1N1CCOCC1)N1CCCC1c1ccncc1. The second kappa shape index (κ2) is 7.74. The van der Waals surface area contributed by atoms with E-state index in [1.165, 1.54) is 0 Å². The molecule has 2 aliphatic rings. The van der Waals surface area contributed by atoms with Gasteiger partial charge in [0.25, 0.3) is 0 Å². The second-order valence-electron chi connectivity index (χ2n) is 6.68. The summed E-state index contributed by atoms with van der Waals surface area (Å²) >= 11 is 0. The van der Waals surface area contributed by atoms with Crippen LogP contribution in [0.25, 0.3) is 0 Å². The number of likely N-dealkylation sites (tertiary alicyclic amines) is 1. The minimum Gasteiger partial charge on any atom is -0.378 e. The smallest absolute Gasteiger partial charge is 0.322 e. The van der Waals surface area contributed by atoms with Crippen LogP contribution < -0.4 is 10.2 Å². The zero-order valence-corrected chi connectivity index (χ0v) is 14.8. The van der Waals surface area contributed by atoms with E-state index in [0.29, 0.717) is 0 Å².